The molecule has 1 rings (SSSR count). The van der Waals surface area contributed by atoms with Gasteiger partial charge in [-0.1, -0.05) is 6.07 Å². The number of halogens is 7. The molecule has 0 amide bonds. The van der Waals surface area contributed by atoms with Gasteiger partial charge in [0, 0.05) is 19.1 Å². The fraction of sp³-hybridized carbons (Fsp3) is 0.545. The highest BCUT2D eigenvalue weighted by Gasteiger charge is 2.76. The number of aryl methyl sites for hydroxylation is 2. The van der Waals surface area contributed by atoms with Gasteiger partial charge in [-0.15, -0.1) is 0 Å². The van der Waals surface area contributed by atoms with Crippen molar-refractivity contribution in [2.45, 2.75) is 37.7 Å². The molecule has 134 valence electrons. The Balaban J connectivity index is 0.000000459. The molecule has 0 aromatic carbocycles. The van der Waals surface area contributed by atoms with E-state index >= 15 is 0 Å². The Hall–Kier alpha value is -1.43. The monoisotopic (exact) mass is 371 g/mol. The van der Waals surface area contributed by atoms with Crippen molar-refractivity contribution in [2.24, 2.45) is 0 Å². The predicted octanol–water partition coefficient (Wildman–Crippen LogP) is 2.62. The molecule has 1 aromatic heterocycles. The molecular weight excluding hydrogens is 359 g/mol. The highest BCUT2D eigenvalue weighted by atomic mass is 32.2. The molecule has 0 bridgehead atoms. The molecule has 23 heavy (non-hydrogen) atoms. The molecule has 0 aliphatic carbocycles. The van der Waals surface area contributed by atoms with Gasteiger partial charge in [0.1, 0.15) is 6.54 Å². The molecule has 0 aliphatic rings. The van der Waals surface area contributed by atoms with Crippen molar-refractivity contribution in [2.75, 3.05) is 0 Å². The van der Waals surface area contributed by atoms with Crippen molar-refractivity contribution in [1.82, 2.24) is 0 Å². The van der Waals surface area contributed by atoms with Gasteiger partial charge in [-0.2, -0.15) is 30.7 Å². The van der Waals surface area contributed by atoms with Gasteiger partial charge in [-0.05, 0) is 6.92 Å². The first kappa shape index (κ1) is 21.6. The largest absolute Gasteiger partial charge is 0.743 e. The number of hydrogen-bond donors (Lipinski definition) is 0. The highest BCUT2D eigenvalue weighted by molar-refractivity contribution is 7.86. The van der Waals surface area contributed by atoms with Gasteiger partial charge >= 0.3 is 17.4 Å². The molecule has 0 saturated carbocycles. The van der Waals surface area contributed by atoms with E-state index in [0.29, 0.717) is 0 Å². The van der Waals surface area contributed by atoms with Gasteiger partial charge in [0.05, 0.1) is 0 Å². The lowest BCUT2D eigenvalue weighted by Gasteiger charge is -2.29. The van der Waals surface area contributed by atoms with Crippen molar-refractivity contribution in [3.05, 3.63) is 30.1 Å². The van der Waals surface area contributed by atoms with E-state index in [2.05, 4.69) is 42.8 Å². The molecule has 0 saturated heterocycles. The van der Waals surface area contributed by atoms with Crippen molar-refractivity contribution in [3.63, 3.8) is 0 Å². The molecule has 1 aromatic rings. The highest BCUT2D eigenvalue weighted by Crippen LogP contribution is 2.48. The fourth-order valence-corrected chi connectivity index (χ4v) is 1.67. The average molecular weight is 371 g/mol. The van der Waals surface area contributed by atoms with Gasteiger partial charge in [-0.3, -0.25) is 0 Å². The summed E-state index contributed by atoms with van der Waals surface area (Å²) in [7, 11) is -7.10. The van der Waals surface area contributed by atoms with Crippen molar-refractivity contribution in [3.8, 4) is 0 Å². The van der Waals surface area contributed by atoms with Crippen LogP contribution in [-0.4, -0.2) is 30.3 Å². The first-order valence-corrected chi connectivity index (χ1v) is 7.23. The van der Waals surface area contributed by atoms with E-state index in [9.17, 15) is 43.7 Å². The number of hydrogen-bond acceptors (Lipinski definition) is 3. The summed E-state index contributed by atoms with van der Waals surface area (Å²) in [5.74, 6) is -6.92. The summed E-state index contributed by atoms with van der Waals surface area (Å²) in [6.07, 6.45) is -4.73. The van der Waals surface area contributed by atoms with Crippen LogP contribution in [0.3, 0.4) is 0 Å². The summed E-state index contributed by atoms with van der Waals surface area (Å²) in [6.45, 7) is 5.32. The van der Waals surface area contributed by atoms with E-state index in [4.69, 9.17) is 0 Å². The van der Waals surface area contributed by atoms with Gasteiger partial charge in [0.25, 0.3) is 0 Å². The Labute approximate surface area is 127 Å². The Morgan fingerprint density at radius 2 is 1.57 bits per heavy atom. The van der Waals surface area contributed by atoms with Crippen LogP contribution in [0.5, 0.6) is 0 Å². The lowest BCUT2D eigenvalue weighted by atomic mass is 10.3. The van der Waals surface area contributed by atoms with Crippen LogP contribution in [0.15, 0.2) is 24.4 Å². The first-order chi connectivity index (χ1) is 10.1. The molecule has 12 heteroatoms. The molecule has 0 atom stereocenters. The number of rotatable bonds is 3. The van der Waals surface area contributed by atoms with Crippen molar-refractivity contribution in [1.29, 1.82) is 0 Å². The zero-order valence-corrected chi connectivity index (χ0v) is 12.6. The lowest BCUT2D eigenvalue weighted by Crippen LogP contribution is -2.55. The topological polar surface area (TPSA) is 61.1 Å². The van der Waals surface area contributed by atoms with E-state index in [1.807, 2.05) is 0 Å². The Morgan fingerprint density at radius 1 is 1.09 bits per heavy atom. The molecule has 0 spiro atoms. The summed E-state index contributed by atoms with van der Waals surface area (Å²) in [6, 6.07) is 6.22. The average Bonchev–Trinajstić information content (AvgIpc) is 2.37. The van der Waals surface area contributed by atoms with Crippen LogP contribution in [0.25, 0.3) is 0 Å². The maximum atomic E-state index is 11.8. The maximum absolute atomic E-state index is 11.8. The zero-order chi connectivity index (χ0) is 18.7. The summed E-state index contributed by atoms with van der Waals surface area (Å²) in [5.41, 5.74) is 1.32. The third-order valence-electron chi connectivity index (χ3n) is 2.54. The molecule has 0 aliphatic heterocycles. The second-order valence-corrected chi connectivity index (χ2v) is 5.59. The van der Waals surface area contributed by atoms with E-state index in [1.165, 1.54) is 5.69 Å². The fourth-order valence-electron chi connectivity index (χ4n) is 1.24. The lowest BCUT2D eigenvalue weighted by molar-refractivity contribution is -0.699. The summed E-state index contributed by atoms with van der Waals surface area (Å²) in [5, 5.41) is -6.72. The molecule has 1 heterocycles. The van der Waals surface area contributed by atoms with Crippen LogP contribution >= 0.6 is 0 Å². The van der Waals surface area contributed by atoms with Crippen LogP contribution in [0.2, 0.25) is 0 Å². The minimum atomic E-state index is -7.10. The second kappa shape index (κ2) is 6.99. The number of alkyl halides is 7. The minimum absolute atomic E-state index is 1.06. The zero-order valence-electron chi connectivity index (χ0n) is 11.7. The number of pyridine rings is 1. The third-order valence-corrected chi connectivity index (χ3v) is 3.43. The molecule has 0 N–H and O–H groups in total. The minimum Gasteiger partial charge on any atom is -0.743 e. The van der Waals surface area contributed by atoms with Crippen LogP contribution in [-0.2, 0) is 16.7 Å². The predicted molar refractivity (Wildman–Crippen MR) is 62.7 cm³/mol. The molecule has 0 fully saturated rings. The second-order valence-electron chi connectivity index (χ2n) is 4.17. The van der Waals surface area contributed by atoms with Gasteiger partial charge in [0.15, 0.2) is 22.0 Å². The van der Waals surface area contributed by atoms with Gasteiger partial charge in [-0.25, -0.2) is 13.0 Å². The van der Waals surface area contributed by atoms with E-state index < -0.39 is 27.5 Å². The first-order valence-electron chi connectivity index (χ1n) is 5.82. The third kappa shape index (κ3) is 4.77. The van der Waals surface area contributed by atoms with Crippen LogP contribution in [0.1, 0.15) is 12.6 Å². The van der Waals surface area contributed by atoms with Gasteiger partial charge in [0.2, 0.25) is 0 Å². The van der Waals surface area contributed by atoms with Crippen molar-refractivity contribution < 1.29 is 48.3 Å². The maximum Gasteiger partial charge on any atom is 0.461 e. The Bertz CT molecular complexity index is 629. The molecule has 4 nitrogen and oxygen atoms in total. The number of nitrogens with zero attached hydrogens (tertiary/aromatic N) is 1. The van der Waals surface area contributed by atoms with Gasteiger partial charge < -0.3 is 4.55 Å². The summed E-state index contributed by atoms with van der Waals surface area (Å²) < 4.78 is 111. The van der Waals surface area contributed by atoms with Crippen LogP contribution in [0, 0.1) is 6.92 Å². The van der Waals surface area contributed by atoms with Crippen LogP contribution < -0.4 is 4.57 Å². The number of aromatic nitrogens is 1. The normalized spacial score (nSPS) is 13.3. The van der Waals surface area contributed by atoms with Crippen molar-refractivity contribution >= 4 is 10.1 Å². The van der Waals surface area contributed by atoms with E-state index in [-0.39, 0.29) is 0 Å². The summed E-state index contributed by atoms with van der Waals surface area (Å²) in [4.78, 5) is 0. The van der Waals surface area contributed by atoms with E-state index in [1.54, 1.807) is 0 Å². The molecule has 0 radical (unpaired) electrons. The van der Waals surface area contributed by atoms with E-state index in [0.717, 1.165) is 6.54 Å². The molecule has 0 unspecified atom stereocenters. The Kier molecular flexibility index (Phi) is 6.56. The SMILES string of the molecule is CC[n+]1ccccc1C.O=S(=O)([O-])C(F)(F)C(F)(F)C(F)(F)F. The summed E-state index contributed by atoms with van der Waals surface area (Å²) >= 11 is 0. The molecular formula is C11H12F7NO3S. The Morgan fingerprint density at radius 3 is 1.78 bits per heavy atom. The quantitative estimate of drug-likeness (QED) is 0.466. The standard InChI is InChI=1S/C8H12N.C3HF7O3S/c1-3-9-7-5-4-6-8(9)2;4-1(5,2(6,7)8)3(9,10)14(11,12)13/h4-7H,3H2,1-2H3;(H,11,12,13)/q+1;/p-1. The smallest absolute Gasteiger partial charge is 0.461 e. The van der Waals surface area contributed by atoms with Crippen LogP contribution in [0.4, 0.5) is 30.7 Å².